The second-order valence-electron chi connectivity index (χ2n) is 6.74. The maximum atomic E-state index is 5.91. The van der Waals surface area contributed by atoms with Crippen LogP contribution in [0.3, 0.4) is 0 Å². The van der Waals surface area contributed by atoms with Gasteiger partial charge in [0.05, 0.1) is 6.54 Å². The van der Waals surface area contributed by atoms with Crippen molar-refractivity contribution < 1.29 is 4.74 Å². The molecule has 0 atom stereocenters. The highest BCUT2D eigenvalue weighted by molar-refractivity contribution is 14.0. The number of rotatable bonds is 10. The average Bonchev–Trinajstić information content (AvgIpc) is 3.13. The van der Waals surface area contributed by atoms with E-state index in [-0.39, 0.29) is 24.0 Å². The Bertz CT molecular complexity index is 684. The van der Waals surface area contributed by atoms with Gasteiger partial charge in [0.15, 0.2) is 5.96 Å². The Morgan fingerprint density at radius 1 is 1.14 bits per heavy atom. The van der Waals surface area contributed by atoms with Gasteiger partial charge in [-0.3, -0.25) is 4.99 Å². The number of nitrogens with one attached hydrogen (secondary N) is 1. The minimum atomic E-state index is 0. The third kappa shape index (κ3) is 8.90. The summed E-state index contributed by atoms with van der Waals surface area (Å²) in [6, 6.07) is 6.29. The van der Waals surface area contributed by atoms with Gasteiger partial charge in [-0.15, -0.1) is 34.2 Å². The maximum Gasteiger partial charge on any atom is 0.193 e. The van der Waals surface area contributed by atoms with Crippen molar-refractivity contribution >= 4 is 29.9 Å². The lowest BCUT2D eigenvalue weighted by molar-refractivity contribution is 0.281. The summed E-state index contributed by atoms with van der Waals surface area (Å²) in [4.78, 5) is 6.84. The number of likely N-dealkylation sites (N-methyl/N-ethyl adjacent to an activating group) is 1. The first-order valence-electron chi connectivity index (χ1n) is 9.61. The summed E-state index contributed by atoms with van der Waals surface area (Å²) in [5.74, 6) is 1.85. The highest BCUT2D eigenvalue weighted by Crippen LogP contribution is 2.16. The number of guanidine groups is 1. The van der Waals surface area contributed by atoms with E-state index in [1.165, 1.54) is 11.1 Å². The molecule has 0 aliphatic heterocycles. The van der Waals surface area contributed by atoms with Crippen molar-refractivity contribution in [2.45, 2.75) is 40.2 Å². The number of aryl methyl sites for hydroxylation is 3. The van der Waals surface area contributed by atoms with Crippen LogP contribution < -0.4 is 10.1 Å². The molecular weight excluding hydrogens is 467 g/mol. The number of benzene rings is 1. The summed E-state index contributed by atoms with van der Waals surface area (Å²) in [6.07, 6.45) is 5.58. The van der Waals surface area contributed by atoms with Crippen LogP contribution >= 0.6 is 24.0 Å². The predicted octanol–water partition coefficient (Wildman–Crippen LogP) is 3.27. The van der Waals surface area contributed by atoms with E-state index in [1.807, 2.05) is 11.6 Å². The Balaban J connectivity index is 0.00000392. The lowest BCUT2D eigenvalue weighted by atomic mass is 10.1. The van der Waals surface area contributed by atoms with Crippen LogP contribution in [0.1, 0.15) is 30.9 Å². The molecule has 0 spiro atoms. The molecule has 1 heterocycles. The zero-order valence-electron chi connectivity index (χ0n) is 17.4. The van der Waals surface area contributed by atoms with E-state index in [0.717, 1.165) is 50.7 Å². The molecular formula is C20H33IN6O. The first-order chi connectivity index (χ1) is 13.1. The Morgan fingerprint density at radius 2 is 1.82 bits per heavy atom. The van der Waals surface area contributed by atoms with Gasteiger partial charge < -0.3 is 19.5 Å². The topological polar surface area (TPSA) is 67.6 Å². The summed E-state index contributed by atoms with van der Waals surface area (Å²) >= 11 is 0. The van der Waals surface area contributed by atoms with Crippen LogP contribution in [0.2, 0.25) is 0 Å². The highest BCUT2D eigenvalue weighted by atomic mass is 127. The number of nitrogens with zero attached hydrogens (tertiary/aromatic N) is 5. The lowest BCUT2D eigenvalue weighted by Crippen LogP contribution is -2.41. The van der Waals surface area contributed by atoms with Crippen molar-refractivity contribution in [3.63, 3.8) is 0 Å². The Labute approximate surface area is 185 Å². The molecule has 1 aromatic heterocycles. The number of hydrogen-bond donors (Lipinski definition) is 1. The number of hydrogen-bond acceptors (Lipinski definition) is 4. The Hall–Kier alpha value is -1.84. The van der Waals surface area contributed by atoms with Crippen LogP contribution in [0.4, 0.5) is 0 Å². The Morgan fingerprint density at radius 3 is 2.46 bits per heavy atom. The number of ether oxygens (including phenoxy) is 1. The van der Waals surface area contributed by atoms with Crippen molar-refractivity contribution in [3.8, 4) is 5.75 Å². The van der Waals surface area contributed by atoms with Gasteiger partial charge in [0.2, 0.25) is 0 Å². The molecule has 0 fully saturated rings. The van der Waals surface area contributed by atoms with E-state index >= 15 is 0 Å². The molecule has 1 aromatic carbocycles. The zero-order valence-corrected chi connectivity index (χ0v) is 19.7. The normalized spacial score (nSPS) is 11.1. The quantitative estimate of drug-likeness (QED) is 0.235. The molecule has 0 bridgehead atoms. The van der Waals surface area contributed by atoms with E-state index in [2.05, 4.69) is 59.4 Å². The average molecular weight is 500 g/mol. The molecule has 0 radical (unpaired) electrons. The number of aromatic nitrogens is 3. The third-order valence-corrected chi connectivity index (χ3v) is 4.14. The van der Waals surface area contributed by atoms with Crippen LogP contribution in [-0.4, -0.2) is 58.9 Å². The molecule has 0 saturated carbocycles. The van der Waals surface area contributed by atoms with E-state index < -0.39 is 0 Å². The molecule has 156 valence electrons. The molecule has 0 saturated heterocycles. The number of aliphatic imine (C=N–C) groups is 1. The van der Waals surface area contributed by atoms with Gasteiger partial charge in [-0.2, -0.15) is 0 Å². The zero-order chi connectivity index (χ0) is 19.5. The molecule has 28 heavy (non-hydrogen) atoms. The fourth-order valence-corrected chi connectivity index (χ4v) is 2.82. The smallest absolute Gasteiger partial charge is 0.193 e. The minimum Gasteiger partial charge on any atom is -0.492 e. The standard InChI is InChI=1S/C20H32N6O.HI/c1-5-21-20(22-8-6-7-9-26-15-23-24-16-26)25(4)10-11-27-19-13-17(2)12-18(3)14-19;/h12-16H,5-11H2,1-4H3,(H,21,22);1H. The summed E-state index contributed by atoms with van der Waals surface area (Å²) < 4.78 is 7.90. The van der Waals surface area contributed by atoms with E-state index in [0.29, 0.717) is 6.61 Å². The van der Waals surface area contributed by atoms with E-state index in [9.17, 15) is 0 Å². The minimum absolute atomic E-state index is 0. The molecule has 0 unspecified atom stereocenters. The summed E-state index contributed by atoms with van der Waals surface area (Å²) in [5, 5.41) is 11.0. The van der Waals surface area contributed by atoms with E-state index in [4.69, 9.17) is 9.73 Å². The number of halogens is 1. The molecule has 8 heteroatoms. The molecule has 0 amide bonds. The van der Waals surface area contributed by atoms with Gasteiger partial charge in [-0.1, -0.05) is 6.07 Å². The van der Waals surface area contributed by atoms with Gasteiger partial charge in [-0.05, 0) is 56.9 Å². The molecule has 0 aliphatic carbocycles. The van der Waals surface area contributed by atoms with Gasteiger partial charge in [0.1, 0.15) is 25.0 Å². The fraction of sp³-hybridized carbons (Fsp3) is 0.550. The summed E-state index contributed by atoms with van der Waals surface area (Å²) in [7, 11) is 2.05. The highest BCUT2D eigenvalue weighted by Gasteiger charge is 2.06. The van der Waals surface area contributed by atoms with Crippen LogP contribution in [0.15, 0.2) is 35.8 Å². The van der Waals surface area contributed by atoms with E-state index in [1.54, 1.807) is 12.7 Å². The molecule has 2 aromatic rings. The van der Waals surface area contributed by atoms with Gasteiger partial charge in [0.25, 0.3) is 0 Å². The Kier molecular flexibility index (Phi) is 11.5. The third-order valence-electron chi connectivity index (χ3n) is 4.14. The second-order valence-corrected chi connectivity index (χ2v) is 6.74. The second kappa shape index (κ2) is 13.4. The summed E-state index contributed by atoms with van der Waals surface area (Å²) in [5.41, 5.74) is 2.44. The summed E-state index contributed by atoms with van der Waals surface area (Å²) in [6.45, 7) is 10.2. The van der Waals surface area contributed by atoms with Crippen LogP contribution in [-0.2, 0) is 6.54 Å². The van der Waals surface area contributed by atoms with Crippen molar-refractivity contribution in [3.05, 3.63) is 42.0 Å². The van der Waals surface area contributed by atoms with Gasteiger partial charge in [0, 0.05) is 26.7 Å². The van der Waals surface area contributed by atoms with Crippen LogP contribution in [0.5, 0.6) is 5.75 Å². The van der Waals surface area contributed by atoms with Crippen molar-refractivity contribution in [2.24, 2.45) is 4.99 Å². The lowest BCUT2D eigenvalue weighted by Gasteiger charge is -2.22. The van der Waals surface area contributed by atoms with Gasteiger partial charge in [-0.25, -0.2) is 0 Å². The molecule has 7 nitrogen and oxygen atoms in total. The van der Waals surface area contributed by atoms with Gasteiger partial charge >= 0.3 is 0 Å². The molecule has 1 N–H and O–H groups in total. The largest absolute Gasteiger partial charge is 0.492 e. The predicted molar refractivity (Wildman–Crippen MR) is 125 cm³/mol. The van der Waals surface area contributed by atoms with Crippen molar-refractivity contribution in [2.75, 3.05) is 33.3 Å². The van der Waals surface area contributed by atoms with Crippen molar-refractivity contribution in [1.82, 2.24) is 25.0 Å². The van der Waals surface area contributed by atoms with Crippen LogP contribution in [0, 0.1) is 13.8 Å². The fourth-order valence-electron chi connectivity index (χ4n) is 2.82. The van der Waals surface area contributed by atoms with Crippen molar-refractivity contribution in [1.29, 1.82) is 0 Å². The first-order valence-corrected chi connectivity index (χ1v) is 9.61. The molecule has 2 rings (SSSR count). The number of unbranched alkanes of at least 4 members (excludes halogenated alkanes) is 1. The SMILES string of the molecule is CCNC(=NCCCCn1cnnc1)N(C)CCOc1cc(C)cc(C)c1.I. The van der Waals surface area contributed by atoms with Crippen LogP contribution in [0.25, 0.3) is 0 Å². The maximum absolute atomic E-state index is 5.91. The first kappa shape index (κ1) is 24.2. The monoisotopic (exact) mass is 500 g/mol. The molecule has 0 aliphatic rings.